The summed E-state index contributed by atoms with van der Waals surface area (Å²) in [5.74, 6) is 0.754. The molecule has 0 saturated heterocycles. The summed E-state index contributed by atoms with van der Waals surface area (Å²) in [7, 11) is 0. The van der Waals surface area contributed by atoms with E-state index in [0.29, 0.717) is 0 Å². The van der Waals surface area contributed by atoms with Crippen molar-refractivity contribution < 1.29 is 0 Å². The van der Waals surface area contributed by atoms with Gasteiger partial charge in [0.05, 0.1) is 11.5 Å². The van der Waals surface area contributed by atoms with E-state index in [-0.39, 0.29) is 5.41 Å². The third kappa shape index (κ3) is 2.93. The molecule has 96 valence electrons. The highest BCUT2D eigenvalue weighted by Gasteiger charge is 2.35. The first-order valence-electron chi connectivity index (χ1n) is 7.14. The van der Waals surface area contributed by atoms with E-state index in [0.717, 1.165) is 25.2 Å². The third-order valence-corrected chi connectivity index (χ3v) is 4.42. The Morgan fingerprint density at radius 2 is 2.06 bits per heavy atom. The topological polar surface area (TPSA) is 23.8 Å². The van der Waals surface area contributed by atoms with Crippen molar-refractivity contribution in [2.24, 2.45) is 11.3 Å². The highest BCUT2D eigenvalue weighted by atomic mass is 14.4. The summed E-state index contributed by atoms with van der Waals surface area (Å²) in [6, 6.07) is 11.3. The minimum atomic E-state index is -0.103. The number of aryl methyl sites for hydroxylation is 1. The van der Waals surface area contributed by atoms with E-state index in [4.69, 9.17) is 0 Å². The molecule has 2 atom stereocenters. The highest BCUT2D eigenvalue weighted by molar-refractivity contribution is 5.24. The molecule has 1 heteroatoms. The Morgan fingerprint density at radius 3 is 2.67 bits per heavy atom. The molecule has 0 N–H and O–H groups in total. The van der Waals surface area contributed by atoms with Gasteiger partial charge in [0.25, 0.3) is 0 Å². The molecule has 1 aromatic rings. The van der Waals surface area contributed by atoms with Crippen molar-refractivity contribution in [1.82, 2.24) is 0 Å². The van der Waals surface area contributed by atoms with Crippen molar-refractivity contribution in [3.8, 4) is 6.07 Å². The van der Waals surface area contributed by atoms with Crippen molar-refractivity contribution in [3.05, 3.63) is 35.4 Å². The van der Waals surface area contributed by atoms with Crippen LogP contribution in [0.2, 0.25) is 0 Å². The van der Waals surface area contributed by atoms with Crippen LogP contribution in [0.5, 0.6) is 0 Å². The van der Waals surface area contributed by atoms with Crippen molar-refractivity contribution in [1.29, 1.82) is 5.26 Å². The number of hydrogen-bond acceptors (Lipinski definition) is 1. The molecule has 0 bridgehead atoms. The molecule has 1 aromatic carbocycles. The third-order valence-electron chi connectivity index (χ3n) is 4.42. The van der Waals surface area contributed by atoms with Crippen LogP contribution in [-0.2, 0) is 6.42 Å². The van der Waals surface area contributed by atoms with E-state index in [1.165, 1.54) is 30.4 Å². The van der Waals surface area contributed by atoms with Gasteiger partial charge in [0.1, 0.15) is 0 Å². The Bertz CT molecular complexity index is 426. The molecular weight excluding hydrogens is 218 g/mol. The predicted molar refractivity (Wildman–Crippen MR) is 75.2 cm³/mol. The smallest absolute Gasteiger partial charge is 0.0693 e. The predicted octanol–water partition coefficient (Wildman–Crippen LogP) is 4.65. The zero-order chi connectivity index (χ0) is 13.0. The second-order valence-electron chi connectivity index (χ2n) is 5.93. The summed E-state index contributed by atoms with van der Waals surface area (Å²) in [5, 5.41) is 9.62. The number of rotatable bonds is 3. The molecule has 1 aliphatic rings. The van der Waals surface area contributed by atoms with Crippen molar-refractivity contribution in [3.63, 3.8) is 0 Å². The summed E-state index contributed by atoms with van der Waals surface area (Å²) in [5.41, 5.74) is 2.51. The number of nitrogens with zero attached hydrogens (tertiary/aromatic N) is 1. The van der Waals surface area contributed by atoms with E-state index in [1.807, 2.05) is 0 Å². The molecule has 1 nitrogen and oxygen atoms in total. The Hall–Kier alpha value is -1.29. The number of hydrogen-bond donors (Lipinski definition) is 0. The first kappa shape index (κ1) is 13.1. The van der Waals surface area contributed by atoms with Gasteiger partial charge in [-0.2, -0.15) is 5.26 Å². The molecule has 0 radical (unpaired) electrons. The largest absolute Gasteiger partial charge is 0.198 e. The summed E-state index contributed by atoms with van der Waals surface area (Å²) in [4.78, 5) is 0. The van der Waals surface area contributed by atoms with E-state index in [1.54, 1.807) is 0 Å². The molecule has 0 spiro atoms. The molecule has 0 amide bonds. The fourth-order valence-electron chi connectivity index (χ4n) is 3.23. The summed E-state index contributed by atoms with van der Waals surface area (Å²) < 4.78 is 0. The highest BCUT2D eigenvalue weighted by Crippen LogP contribution is 2.42. The quantitative estimate of drug-likeness (QED) is 0.755. The van der Waals surface area contributed by atoms with Crippen LogP contribution in [0.15, 0.2) is 24.3 Å². The van der Waals surface area contributed by atoms with Gasteiger partial charge < -0.3 is 0 Å². The van der Waals surface area contributed by atoms with E-state index in [9.17, 15) is 5.26 Å². The van der Waals surface area contributed by atoms with Crippen molar-refractivity contribution in [2.45, 2.75) is 52.4 Å². The summed E-state index contributed by atoms with van der Waals surface area (Å²) in [6.45, 7) is 4.36. The van der Waals surface area contributed by atoms with E-state index in [2.05, 4.69) is 44.2 Å². The van der Waals surface area contributed by atoms with Gasteiger partial charge in [-0.05, 0) is 37.7 Å². The zero-order valence-corrected chi connectivity index (χ0v) is 11.6. The minimum absolute atomic E-state index is 0.103. The SMILES string of the molecule is CCC1CCCC(C#N)(Cc2ccc(C)cc2)C1. The fourth-order valence-corrected chi connectivity index (χ4v) is 3.23. The molecule has 2 unspecified atom stereocenters. The van der Waals surface area contributed by atoms with Crippen LogP contribution >= 0.6 is 0 Å². The lowest BCUT2D eigenvalue weighted by Gasteiger charge is -2.35. The maximum Gasteiger partial charge on any atom is 0.0693 e. The number of nitriles is 1. The van der Waals surface area contributed by atoms with Gasteiger partial charge in [-0.1, -0.05) is 56.0 Å². The summed E-state index contributed by atoms with van der Waals surface area (Å²) in [6.07, 6.45) is 6.85. The lowest BCUT2D eigenvalue weighted by molar-refractivity contribution is 0.194. The first-order valence-corrected chi connectivity index (χ1v) is 7.14. The van der Waals surface area contributed by atoms with E-state index >= 15 is 0 Å². The molecular formula is C17H23N. The molecule has 0 aliphatic heterocycles. The van der Waals surface area contributed by atoms with Gasteiger partial charge in [0.15, 0.2) is 0 Å². The van der Waals surface area contributed by atoms with Crippen LogP contribution in [0.3, 0.4) is 0 Å². The average Bonchev–Trinajstić information content (AvgIpc) is 2.42. The minimum Gasteiger partial charge on any atom is -0.198 e. The molecule has 1 saturated carbocycles. The number of benzene rings is 1. The average molecular weight is 241 g/mol. The van der Waals surface area contributed by atoms with Gasteiger partial charge in [-0.3, -0.25) is 0 Å². The van der Waals surface area contributed by atoms with Gasteiger partial charge in [0, 0.05) is 0 Å². The molecule has 0 heterocycles. The van der Waals surface area contributed by atoms with Crippen LogP contribution in [-0.4, -0.2) is 0 Å². The molecule has 18 heavy (non-hydrogen) atoms. The van der Waals surface area contributed by atoms with Gasteiger partial charge in [0.2, 0.25) is 0 Å². The first-order chi connectivity index (χ1) is 8.67. The molecule has 0 aromatic heterocycles. The lowest BCUT2D eigenvalue weighted by atomic mass is 9.67. The maximum absolute atomic E-state index is 9.62. The second kappa shape index (κ2) is 5.57. The maximum atomic E-state index is 9.62. The monoisotopic (exact) mass is 241 g/mol. The van der Waals surface area contributed by atoms with Crippen molar-refractivity contribution >= 4 is 0 Å². The molecule has 1 aliphatic carbocycles. The lowest BCUT2D eigenvalue weighted by Crippen LogP contribution is -2.29. The van der Waals surface area contributed by atoms with Crippen LogP contribution in [0, 0.1) is 29.6 Å². The Morgan fingerprint density at radius 1 is 1.33 bits per heavy atom. The summed E-state index contributed by atoms with van der Waals surface area (Å²) >= 11 is 0. The standard InChI is InChI=1S/C17H23N/c1-3-15-5-4-10-17(11-15,13-18)12-16-8-6-14(2)7-9-16/h6-9,15H,3-5,10-12H2,1-2H3. The van der Waals surface area contributed by atoms with Gasteiger partial charge in [-0.15, -0.1) is 0 Å². The van der Waals surface area contributed by atoms with E-state index < -0.39 is 0 Å². The van der Waals surface area contributed by atoms with Gasteiger partial charge >= 0.3 is 0 Å². The van der Waals surface area contributed by atoms with Crippen LogP contribution in [0.4, 0.5) is 0 Å². The fraction of sp³-hybridized carbons (Fsp3) is 0.588. The van der Waals surface area contributed by atoms with Crippen LogP contribution in [0.1, 0.15) is 50.2 Å². The van der Waals surface area contributed by atoms with Crippen LogP contribution < -0.4 is 0 Å². The van der Waals surface area contributed by atoms with Crippen molar-refractivity contribution in [2.75, 3.05) is 0 Å². The van der Waals surface area contributed by atoms with Crippen LogP contribution in [0.25, 0.3) is 0 Å². The Balaban J connectivity index is 2.13. The van der Waals surface area contributed by atoms with Gasteiger partial charge in [-0.25, -0.2) is 0 Å². The second-order valence-corrected chi connectivity index (χ2v) is 5.93. The normalized spacial score (nSPS) is 27.7. The Kier molecular flexibility index (Phi) is 4.07. The Labute approximate surface area is 111 Å². The molecule has 1 fully saturated rings. The zero-order valence-electron chi connectivity index (χ0n) is 11.6. The molecule has 2 rings (SSSR count).